The van der Waals surface area contributed by atoms with Gasteiger partial charge in [-0.3, -0.25) is 0 Å². The fourth-order valence-corrected chi connectivity index (χ4v) is 4.43. The molecule has 0 radical (unpaired) electrons. The second kappa shape index (κ2) is 17.2. The van der Waals surface area contributed by atoms with Crippen molar-refractivity contribution in [2.45, 2.75) is 116 Å². The summed E-state index contributed by atoms with van der Waals surface area (Å²) in [5.74, 6) is 0. The fourth-order valence-electron chi connectivity index (χ4n) is 4.43. The number of hydrogen-bond donors (Lipinski definition) is 0. The van der Waals surface area contributed by atoms with E-state index in [1.807, 2.05) is 0 Å². The van der Waals surface area contributed by atoms with E-state index in [9.17, 15) is 0 Å². The van der Waals surface area contributed by atoms with Crippen molar-refractivity contribution >= 4 is 10.8 Å². The molecule has 0 nitrogen and oxygen atoms in total. The minimum atomic E-state index is 1.21. The van der Waals surface area contributed by atoms with Crippen LogP contribution in [0.1, 0.15) is 115 Å². The summed E-state index contributed by atoms with van der Waals surface area (Å²) in [6, 6.07) is 15.5. The summed E-state index contributed by atoms with van der Waals surface area (Å²) in [7, 11) is 0. The van der Waals surface area contributed by atoms with E-state index in [0.717, 1.165) is 0 Å². The van der Waals surface area contributed by atoms with E-state index in [1.54, 1.807) is 0 Å². The summed E-state index contributed by atoms with van der Waals surface area (Å²) >= 11 is 0. The highest BCUT2D eigenvalue weighted by molar-refractivity contribution is 5.85. The van der Waals surface area contributed by atoms with E-state index >= 15 is 0 Å². The summed E-state index contributed by atoms with van der Waals surface area (Å²) in [5, 5.41) is 2.81. The maximum atomic E-state index is 2.43. The van der Waals surface area contributed by atoms with Gasteiger partial charge in [-0.15, -0.1) is 0 Å². The van der Waals surface area contributed by atoms with Crippen LogP contribution in [0.2, 0.25) is 0 Å². The van der Waals surface area contributed by atoms with Crippen molar-refractivity contribution in [3.05, 3.63) is 60.2 Å². The van der Waals surface area contributed by atoms with Gasteiger partial charge in [-0.25, -0.2) is 0 Å². The molecule has 0 heterocycles. The van der Waals surface area contributed by atoms with E-state index in [0.29, 0.717) is 0 Å². The first kappa shape index (κ1) is 24.7. The SMILES string of the molecule is CCCCCCCCCCCCC/C=C/CCCCCc1cccc2ccccc12. The number of fused-ring (bicyclic) bond motifs is 1. The third-order valence-electron chi connectivity index (χ3n) is 6.34. The highest BCUT2D eigenvalue weighted by Crippen LogP contribution is 2.20. The number of allylic oxidation sites excluding steroid dienone is 2. The van der Waals surface area contributed by atoms with Gasteiger partial charge in [0.2, 0.25) is 0 Å². The van der Waals surface area contributed by atoms with Crippen LogP contribution < -0.4 is 0 Å². The number of hydrogen-bond acceptors (Lipinski definition) is 0. The Morgan fingerprint density at radius 1 is 0.533 bits per heavy atom. The van der Waals surface area contributed by atoms with Crippen LogP contribution >= 0.6 is 0 Å². The number of unbranched alkanes of at least 4 members (excludes halogenated alkanes) is 14. The predicted octanol–water partition coefficient (Wildman–Crippen LogP) is 10.2. The fraction of sp³-hybridized carbons (Fsp3) is 0.600. The lowest BCUT2D eigenvalue weighted by atomic mass is 9.99. The van der Waals surface area contributed by atoms with Gasteiger partial charge < -0.3 is 0 Å². The first-order chi connectivity index (χ1) is 14.9. The molecule has 0 atom stereocenters. The number of rotatable bonds is 18. The largest absolute Gasteiger partial charge is 0.0885 e. The van der Waals surface area contributed by atoms with Crippen molar-refractivity contribution in [3.63, 3.8) is 0 Å². The molecular weight excluding hydrogens is 360 g/mol. The first-order valence-corrected chi connectivity index (χ1v) is 13.0. The van der Waals surface area contributed by atoms with Crippen molar-refractivity contribution < 1.29 is 0 Å². The molecule has 0 bridgehead atoms. The molecule has 0 fully saturated rings. The Morgan fingerprint density at radius 2 is 1.07 bits per heavy atom. The summed E-state index contributed by atoms with van der Waals surface area (Å²) in [6.07, 6.45) is 28.4. The molecule has 30 heavy (non-hydrogen) atoms. The van der Waals surface area contributed by atoms with Crippen LogP contribution in [0.25, 0.3) is 10.8 Å². The Kier molecular flexibility index (Phi) is 14.1. The molecule has 0 saturated heterocycles. The van der Waals surface area contributed by atoms with Gasteiger partial charge in [0.25, 0.3) is 0 Å². The summed E-state index contributed by atoms with van der Waals surface area (Å²) < 4.78 is 0. The van der Waals surface area contributed by atoms with Crippen molar-refractivity contribution in [2.24, 2.45) is 0 Å². The van der Waals surface area contributed by atoms with Crippen LogP contribution in [-0.2, 0) is 6.42 Å². The molecule has 2 aromatic rings. The topological polar surface area (TPSA) is 0 Å². The van der Waals surface area contributed by atoms with Crippen LogP contribution in [0.3, 0.4) is 0 Å². The van der Waals surface area contributed by atoms with Crippen molar-refractivity contribution in [1.82, 2.24) is 0 Å². The Hall–Kier alpha value is -1.56. The van der Waals surface area contributed by atoms with Crippen molar-refractivity contribution in [2.75, 3.05) is 0 Å². The normalized spacial score (nSPS) is 11.6. The molecule has 0 aliphatic rings. The Morgan fingerprint density at radius 3 is 1.73 bits per heavy atom. The van der Waals surface area contributed by atoms with E-state index in [1.165, 1.54) is 125 Å². The third kappa shape index (κ3) is 11.0. The van der Waals surface area contributed by atoms with Gasteiger partial charge in [-0.05, 0) is 54.9 Å². The van der Waals surface area contributed by atoms with E-state index < -0.39 is 0 Å². The maximum absolute atomic E-state index is 2.43. The molecule has 0 spiro atoms. The van der Waals surface area contributed by atoms with Gasteiger partial charge >= 0.3 is 0 Å². The van der Waals surface area contributed by atoms with Crippen LogP contribution in [0.4, 0.5) is 0 Å². The molecule has 0 saturated carbocycles. The van der Waals surface area contributed by atoms with Gasteiger partial charge in [-0.1, -0.05) is 132 Å². The maximum Gasteiger partial charge on any atom is -0.0152 e. The molecule has 0 N–H and O–H groups in total. The van der Waals surface area contributed by atoms with E-state index in [-0.39, 0.29) is 0 Å². The number of aryl methyl sites for hydroxylation is 1. The molecule has 0 unspecified atom stereocenters. The Labute approximate surface area is 187 Å². The monoisotopic (exact) mass is 406 g/mol. The van der Waals surface area contributed by atoms with Crippen LogP contribution in [0.15, 0.2) is 54.6 Å². The minimum absolute atomic E-state index is 1.21. The third-order valence-corrected chi connectivity index (χ3v) is 6.34. The average molecular weight is 407 g/mol. The molecule has 0 amide bonds. The smallest absolute Gasteiger partial charge is 0.0152 e. The molecule has 0 heteroatoms. The second-order valence-corrected chi connectivity index (χ2v) is 9.03. The lowest BCUT2D eigenvalue weighted by Gasteiger charge is -2.06. The lowest BCUT2D eigenvalue weighted by molar-refractivity contribution is 0.550. The Bertz CT molecular complexity index is 676. The van der Waals surface area contributed by atoms with Crippen LogP contribution in [0.5, 0.6) is 0 Å². The van der Waals surface area contributed by atoms with Gasteiger partial charge in [-0.2, -0.15) is 0 Å². The zero-order valence-corrected chi connectivity index (χ0v) is 19.7. The highest BCUT2D eigenvalue weighted by atomic mass is 14.0. The molecule has 2 aromatic carbocycles. The zero-order valence-electron chi connectivity index (χ0n) is 19.7. The first-order valence-electron chi connectivity index (χ1n) is 13.0. The Balaban J connectivity index is 1.37. The minimum Gasteiger partial charge on any atom is -0.0885 e. The molecule has 166 valence electrons. The van der Waals surface area contributed by atoms with Crippen molar-refractivity contribution in [3.8, 4) is 0 Å². The molecule has 0 aromatic heterocycles. The summed E-state index contributed by atoms with van der Waals surface area (Å²) in [5.41, 5.74) is 1.51. The molecule has 0 aliphatic carbocycles. The van der Waals surface area contributed by atoms with E-state index in [2.05, 4.69) is 61.5 Å². The standard InChI is InChI=1S/C30H46/c1-2-3-4-5-6-7-8-9-10-11-12-13-14-15-16-17-18-19-23-28-25-22-26-29-24-20-21-27-30(28)29/h14-15,20-22,24-27H,2-13,16-19,23H2,1H3/b15-14+. The van der Waals surface area contributed by atoms with E-state index in [4.69, 9.17) is 0 Å². The van der Waals surface area contributed by atoms with Gasteiger partial charge in [0.15, 0.2) is 0 Å². The van der Waals surface area contributed by atoms with Gasteiger partial charge in [0.1, 0.15) is 0 Å². The van der Waals surface area contributed by atoms with Crippen molar-refractivity contribution in [1.29, 1.82) is 0 Å². The van der Waals surface area contributed by atoms with Crippen LogP contribution in [0, 0.1) is 0 Å². The molecular formula is C30H46. The molecule has 0 aliphatic heterocycles. The van der Waals surface area contributed by atoms with Gasteiger partial charge in [0, 0.05) is 0 Å². The average Bonchev–Trinajstić information content (AvgIpc) is 2.78. The summed E-state index contributed by atoms with van der Waals surface area (Å²) in [4.78, 5) is 0. The summed E-state index contributed by atoms with van der Waals surface area (Å²) in [6.45, 7) is 2.30. The number of benzene rings is 2. The molecule has 2 rings (SSSR count). The highest BCUT2D eigenvalue weighted by Gasteiger charge is 1.99. The zero-order chi connectivity index (χ0) is 21.1. The second-order valence-electron chi connectivity index (χ2n) is 9.03. The quantitative estimate of drug-likeness (QED) is 0.170. The van der Waals surface area contributed by atoms with Gasteiger partial charge in [0.05, 0.1) is 0 Å². The lowest BCUT2D eigenvalue weighted by Crippen LogP contribution is -1.88. The predicted molar refractivity (Wildman–Crippen MR) is 136 cm³/mol. The van der Waals surface area contributed by atoms with Crippen LogP contribution in [-0.4, -0.2) is 0 Å².